The second-order valence-corrected chi connectivity index (χ2v) is 5.13. The third-order valence-corrected chi connectivity index (χ3v) is 4.02. The van der Waals surface area contributed by atoms with Crippen LogP contribution in [0, 0.1) is 5.92 Å². The second kappa shape index (κ2) is 5.63. The minimum Gasteiger partial charge on any atom is -0.387 e. The van der Waals surface area contributed by atoms with E-state index < -0.39 is 6.10 Å². The predicted octanol–water partition coefficient (Wildman–Crippen LogP) is 2.86. The van der Waals surface area contributed by atoms with Crippen LogP contribution in [0.25, 0.3) is 0 Å². The molecule has 96 valence electrons. The monoisotopic (exact) mass is 237 g/mol. The van der Waals surface area contributed by atoms with Crippen LogP contribution in [0.1, 0.15) is 70.2 Å². The molecule has 1 aromatic heterocycles. The average Bonchev–Trinajstić information content (AvgIpc) is 2.87. The van der Waals surface area contributed by atoms with Gasteiger partial charge in [0.25, 0.3) is 0 Å². The highest BCUT2D eigenvalue weighted by atomic mass is 16.3. The fourth-order valence-electron chi connectivity index (χ4n) is 2.65. The fourth-order valence-corrected chi connectivity index (χ4v) is 2.65. The van der Waals surface area contributed by atoms with Crippen LogP contribution in [0.4, 0.5) is 0 Å². The van der Waals surface area contributed by atoms with Crippen molar-refractivity contribution in [2.75, 3.05) is 0 Å². The lowest BCUT2D eigenvalue weighted by atomic mass is 9.85. The van der Waals surface area contributed by atoms with Gasteiger partial charge in [-0.2, -0.15) is 0 Å². The van der Waals surface area contributed by atoms with Crippen molar-refractivity contribution in [3.8, 4) is 0 Å². The van der Waals surface area contributed by atoms with E-state index in [1.54, 1.807) is 0 Å². The van der Waals surface area contributed by atoms with E-state index in [2.05, 4.69) is 17.2 Å². The summed E-state index contributed by atoms with van der Waals surface area (Å²) in [5.41, 5.74) is 0.713. The topological polar surface area (TPSA) is 50.9 Å². The van der Waals surface area contributed by atoms with Gasteiger partial charge in [-0.3, -0.25) is 0 Å². The molecule has 4 heteroatoms. The van der Waals surface area contributed by atoms with E-state index in [-0.39, 0.29) is 0 Å². The fraction of sp³-hybridized carbons (Fsp3) is 0.846. The van der Waals surface area contributed by atoms with Gasteiger partial charge in [0.2, 0.25) is 0 Å². The quantitative estimate of drug-likeness (QED) is 0.876. The van der Waals surface area contributed by atoms with Gasteiger partial charge in [-0.1, -0.05) is 25.5 Å². The van der Waals surface area contributed by atoms with Crippen molar-refractivity contribution in [3.63, 3.8) is 0 Å². The van der Waals surface area contributed by atoms with Crippen LogP contribution in [-0.2, 0) is 0 Å². The summed E-state index contributed by atoms with van der Waals surface area (Å²) in [7, 11) is 0. The SMILES string of the molecule is CCC1CCC(n2cc(C(O)CC)nn2)CC1. The summed E-state index contributed by atoms with van der Waals surface area (Å²) in [5, 5.41) is 17.9. The number of aliphatic hydroxyl groups is 1. The van der Waals surface area contributed by atoms with Gasteiger partial charge in [0.05, 0.1) is 18.3 Å². The zero-order chi connectivity index (χ0) is 12.3. The van der Waals surface area contributed by atoms with Crippen LogP contribution >= 0.6 is 0 Å². The molecule has 1 fully saturated rings. The molecule has 2 rings (SSSR count). The van der Waals surface area contributed by atoms with Gasteiger partial charge >= 0.3 is 0 Å². The molecule has 1 saturated carbocycles. The van der Waals surface area contributed by atoms with Crippen molar-refractivity contribution >= 4 is 0 Å². The summed E-state index contributed by atoms with van der Waals surface area (Å²) in [4.78, 5) is 0. The lowest BCUT2D eigenvalue weighted by Gasteiger charge is -2.27. The van der Waals surface area contributed by atoms with Crippen LogP contribution in [0.5, 0.6) is 0 Å². The van der Waals surface area contributed by atoms with E-state index >= 15 is 0 Å². The molecular formula is C13H23N3O. The Morgan fingerprint density at radius 3 is 2.65 bits per heavy atom. The zero-order valence-electron chi connectivity index (χ0n) is 10.8. The maximum Gasteiger partial charge on any atom is 0.111 e. The molecule has 0 spiro atoms. The van der Waals surface area contributed by atoms with Crippen molar-refractivity contribution in [1.29, 1.82) is 0 Å². The summed E-state index contributed by atoms with van der Waals surface area (Å²) >= 11 is 0. The third-order valence-electron chi connectivity index (χ3n) is 4.02. The Morgan fingerprint density at radius 1 is 1.35 bits per heavy atom. The highest BCUT2D eigenvalue weighted by molar-refractivity contribution is 4.98. The minimum absolute atomic E-state index is 0.462. The first kappa shape index (κ1) is 12.6. The maximum absolute atomic E-state index is 9.71. The molecule has 1 unspecified atom stereocenters. The number of nitrogens with zero attached hydrogens (tertiary/aromatic N) is 3. The Kier molecular flexibility index (Phi) is 4.15. The van der Waals surface area contributed by atoms with Gasteiger partial charge in [0.1, 0.15) is 5.69 Å². The normalized spacial score (nSPS) is 27.0. The molecule has 17 heavy (non-hydrogen) atoms. The van der Waals surface area contributed by atoms with Crippen molar-refractivity contribution in [2.45, 2.75) is 64.5 Å². The van der Waals surface area contributed by atoms with Gasteiger partial charge in [0, 0.05) is 0 Å². The molecule has 1 aromatic rings. The highest BCUT2D eigenvalue weighted by Crippen LogP contribution is 2.33. The highest BCUT2D eigenvalue weighted by Gasteiger charge is 2.22. The van der Waals surface area contributed by atoms with Crippen LogP contribution < -0.4 is 0 Å². The Balaban J connectivity index is 1.97. The summed E-state index contributed by atoms with van der Waals surface area (Å²) in [6, 6.07) is 0.489. The van der Waals surface area contributed by atoms with E-state index in [4.69, 9.17) is 0 Å². The molecule has 0 aromatic carbocycles. The summed E-state index contributed by atoms with van der Waals surface area (Å²) in [5.74, 6) is 0.899. The van der Waals surface area contributed by atoms with Crippen molar-refractivity contribution < 1.29 is 5.11 Å². The van der Waals surface area contributed by atoms with Gasteiger partial charge in [-0.25, -0.2) is 4.68 Å². The maximum atomic E-state index is 9.71. The molecule has 0 aliphatic heterocycles. The van der Waals surface area contributed by atoms with Gasteiger partial charge in [-0.05, 0) is 38.0 Å². The summed E-state index contributed by atoms with van der Waals surface area (Å²) in [6.45, 7) is 4.23. The molecular weight excluding hydrogens is 214 g/mol. The van der Waals surface area contributed by atoms with Gasteiger partial charge < -0.3 is 5.11 Å². The first-order chi connectivity index (χ1) is 8.24. The molecule has 1 aliphatic carbocycles. The molecule has 1 heterocycles. The Labute approximate surface area is 103 Å². The number of rotatable bonds is 4. The van der Waals surface area contributed by atoms with E-state index in [1.807, 2.05) is 17.8 Å². The molecule has 0 radical (unpaired) electrons. The first-order valence-corrected chi connectivity index (χ1v) is 6.84. The van der Waals surface area contributed by atoms with Crippen molar-refractivity contribution in [1.82, 2.24) is 15.0 Å². The van der Waals surface area contributed by atoms with Crippen LogP contribution in [0.2, 0.25) is 0 Å². The molecule has 0 amide bonds. The molecule has 1 N–H and O–H groups in total. The summed E-state index contributed by atoms with van der Waals surface area (Å²) in [6.07, 6.45) is 8.44. The second-order valence-electron chi connectivity index (χ2n) is 5.13. The smallest absolute Gasteiger partial charge is 0.111 e. The lowest BCUT2D eigenvalue weighted by molar-refractivity contribution is 0.168. The van der Waals surface area contributed by atoms with E-state index in [0.717, 1.165) is 5.92 Å². The number of hydrogen-bond donors (Lipinski definition) is 1. The number of aromatic nitrogens is 3. The van der Waals surface area contributed by atoms with Crippen LogP contribution in [-0.4, -0.2) is 20.1 Å². The molecule has 1 aliphatic rings. The molecule has 0 saturated heterocycles. The zero-order valence-corrected chi connectivity index (χ0v) is 10.8. The number of aliphatic hydroxyl groups excluding tert-OH is 1. The first-order valence-electron chi connectivity index (χ1n) is 6.84. The standard InChI is InChI=1S/C13H23N3O/c1-3-10-5-7-11(8-6-10)16-9-12(14-15-16)13(17)4-2/h9-11,13,17H,3-8H2,1-2H3. The molecule has 1 atom stereocenters. The van der Waals surface area contributed by atoms with Gasteiger partial charge in [-0.15, -0.1) is 5.10 Å². The van der Waals surface area contributed by atoms with Gasteiger partial charge in [0.15, 0.2) is 0 Å². The van der Waals surface area contributed by atoms with E-state index in [9.17, 15) is 5.11 Å². The lowest BCUT2D eigenvalue weighted by Crippen LogP contribution is -2.18. The Morgan fingerprint density at radius 2 is 2.06 bits per heavy atom. The summed E-state index contributed by atoms with van der Waals surface area (Å²) < 4.78 is 1.96. The molecule has 0 bridgehead atoms. The number of hydrogen-bond acceptors (Lipinski definition) is 3. The van der Waals surface area contributed by atoms with Crippen molar-refractivity contribution in [2.24, 2.45) is 5.92 Å². The van der Waals surface area contributed by atoms with Crippen LogP contribution in [0.15, 0.2) is 6.20 Å². The Bertz CT molecular complexity index is 342. The van der Waals surface area contributed by atoms with E-state index in [1.165, 1.54) is 32.1 Å². The molecule has 4 nitrogen and oxygen atoms in total. The predicted molar refractivity (Wildman–Crippen MR) is 66.6 cm³/mol. The van der Waals surface area contributed by atoms with Crippen LogP contribution in [0.3, 0.4) is 0 Å². The van der Waals surface area contributed by atoms with E-state index in [0.29, 0.717) is 18.2 Å². The third kappa shape index (κ3) is 2.86. The average molecular weight is 237 g/mol. The largest absolute Gasteiger partial charge is 0.387 e. The Hall–Kier alpha value is -0.900. The minimum atomic E-state index is -0.462. The van der Waals surface area contributed by atoms with Crippen molar-refractivity contribution in [3.05, 3.63) is 11.9 Å².